The van der Waals surface area contributed by atoms with Gasteiger partial charge < -0.3 is 14.9 Å². The van der Waals surface area contributed by atoms with Gasteiger partial charge in [0, 0.05) is 22.7 Å². The Morgan fingerprint density at radius 3 is 2.07 bits per heavy atom. The van der Waals surface area contributed by atoms with Crippen molar-refractivity contribution in [2.45, 2.75) is 169 Å². The molecule has 0 aromatic heterocycles. The van der Waals surface area contributed by atoms with Crippen molar-refractivity contribution in [1.29, 1.82) is 0 Å². The van der Waals surface area contributed by atoms with E-state index in [4.69, 9.17) is 4.74 Å². The molecule has 0 heterocycles. The third-order valence-corrected chi connectivity index (χ3v) is 20.7. The van der Waals surface area contributed by atoms with Gasteiger partial charge in [0.2, 0.25) is 0 Å². The number of carbonyl (C=O) groups is 2. The van der Waals surface area contributed by atoms with Gasteiger partial charge >= 0.3 is 0 Å². The largest absolute Gasteiger partial charge is 0.393 e. The van der Waals surface area contributed by atoms with E-state index >= 15 is 0 Å². The van der Waals surface area contributed by atoms with Crippen LogP contribution in [-0.2, 0) is 20.7 Å². The molecule has 306 valence electrons. The van der Waals surface area contributed by atoms with Crippen molar-refractivity contribution >= 4 is 11.6 Å². The number of hydrogen-bond donors (Lipinski definition) is 2. The molecule has 6 fully saturated rings. The van der Waals surface area contributed by atoms with Crippen LogP contribution < -0.4 is 0 Å². The molecule has 0 bridgehead atoms. The van der Waals surface area contributed by atoms with Crippen LogP contribution in [0.2, 0.25) is 0 Å². The Bertz CT molecular complexity index is 1810. The number of rotatable bonds is 7. The van der Waals surface area contributed by atoms with E-state index in [1.54, 1.807) is 0 Å². The van der Waals surface area contributed by atoms with Crippen molar-refractivity contribution in [2.75, 3.05) is 6.61 Å². The molecule has 0 aliphatic heterocycles. The minimum Gasteiger partial charge on any atom is -0.393 e. The number of fused-ring (bicyclic) bond motifs is 10. The molecular weight excluding hydrogens is 693 g/mol. The predicted octanol–water partition coefficient (Wildman–Crippen LogP) is 10.4. The zero-order valence-corrected chi connectivity index (χ0v) is 35.8. The van der Waals surface area contributed by atoms with Gasteiger partial charge in [0.15, 0.2) is 0 Å². The van der Waals surface area contributed by atoms with Crippen molar-refractivity contribution < 1.29 is 24.5 Å². The van der Waals surface area contributed by atoms with Crippen LogP contribution in [0.15, 0.2) is 53.6 Å². The summed E-state index contributed by atoms with van der Waals surface area (Å²) in [5.74, 6) is 3.98. The highest BCUT2D eigenvalue weighted by Gasteiger charge is 2.67. The van der Waals surface area contributed by atoms with E-state index in [1.807, 2.05) is 13.8 Å². The molecule has 2 N–H and O–H groups in total. The van der Waals surface area contributed by atoms with Crippen molar-refractivity contribution in [1.82, 2.24) is 0 Å². The highest BCUT2D eigenvalue weighted by Crippen LogP contribution is 2.72. The maximum Gasteiger partial charge on any atom is 0.136 e. The number of allylic oxidation sites excluding steroid dienone is 2. The molecular formula is C51H72O5. The third kappa shape index (κ3) is 5.33. The second kappa shape index (κ2) is 13.2. The number of ether oxygens (including phenoxy) is 1. The molecule has 0 spiro atoms. The number of Topliss-reactive ketones (excluding diaryl/α,β-unsaturated/α-hetero) is 2. The lowest BCUT2D eigenvalue weighted by Gasteiger charge is -2.61. The number of carbonyl (C=O) groups excluding carboxylic acids is 2. The number of aliphatic hydroxyl groups is 2. The standard InChI is InChI=1S/C51H72O5/c1-32(52)46(4)21-18-41-39-15-13-35-27-37(54)28-44(49(35,7)43(39)19-22-47(41,46)5)56-31-50(55)26-25-45(3)36(30-50)14-16-38-40(45)17-23-48(6)42(38)20-24-51(48,33(2)53)29-34-11-9-8-10-12-34/h8-14,37-44,54-55H,15-31H2,1-7H3/t37?,38?,39-,40?,41-,42?,43-,44?,45-,46+,47-,48-,49-,50?,51+/m0/s1. The van der Waals surface area contributed by atoms with E-state index in [9.17, 15) is 19.8 Å². The second-order valence-corrected chi connectivity index (χ2v) is 22.4. The summed E-state index contributed by atoms with van der Waals surface area (Å²) < 4.78 is 7.05. The van der Waals surface area contributed by atoms with Crippen molar-refractivity contribution in [2.24, 2.45) is 68.0 Å². The zero-order valence-electron chi connectivity index (χ0n) is 35.8. The number of ketones is 2. The van der Waals surface area contributed by atoms with Gasteiger partial charge in [-0.1, -0.05) is 88.2 Å². The van der Waals surface area contributed by atoms with Crippen molar-refractivity contribution in [3.05, 3.63) is 59.2 Å². The fourth-order valence-electron chi connectivity index (χ4n) is 16.9. The van der Waals surface area contributed by atoms with E-state index in [1.165, 1.54) is 16.7 Å². The quantitative estimate of drug-likeness (QED) is 0.270. The molecule has 8 aliphatic rings. The van der Waals surface area contributed by atoms with Gasteiger partial charge in [0.05, 0.1) is 24.4 Å². The molecule has 56 heavy (non-hydrogen) atoms. The summed E-state index contributed by atoms with van der Waals surface area (Å²) >= 11 is 0. The lowest BCUT2D eigenvalue weighted by Crippen LogP contribution is -2.58. The van der Waals surface area contributed by atoms with Crippen LogP contribution >= 0.6 is 0 Å². The van der Waals surface area contributed by atoms with Crippen LogP contribution in [0.4, 0.5) is 0 Å². The predicted molar refractivity (Wildman–Crippen MR) is 222 cm³/mol. The first-order chi connectivity index (χ1) is 26.4. The Kier molecular flexibility index (Phi) is 9.29. The van der Waals surface area contributed by atoms with E-state index in [2.05, 4.69) is 77.1 Å². The molecule has 1 aromatic rings. The summed E-state index contributed by atoms with van der Waals surface area (Å²) in [6, 6.07) is 10.7. The van der Waals surface area contributed by atoms with E-state index in [0.29, 0.717) is 66.5 Å². The third-order valence-electron chi connectivity index (χ3n) is 20.7. The first kappa shape index (κ1) is 39.4. The Morgan fingerprint density at radius 2 is 1.36 bits per heavy atom. The Balaban J connectivity index is 0.921. The molecule has 5 heteroatoms. The summed E-state index contributed by atoms with van der Waals surface area (Å²) in [4.78, 5) is 26.8. The molecule has 6 saturated carbocycles. The highest BCUT2D eigenvalue weighted by molar-refractivity contribution is 5.84. The first-order valence-corrected chi connectivity index (χ1v) is 22.9. The van der Waals surface area contributed by atoms with Gasteiger partial charge in [-0.3, -0.25) is 9.59 Å². The van der Waals surface area contributed by atoms with Gasteiger partial charge in [0.1, 0.15) is 11.6 Å². The van der Waals surface area contributed by atoms with Gasteiger partial charge in [-0.15, -0.1) is 0 Å². The van der Waals surface area contributed by atoms with Gasteiger partial charge in [-0.25, -0.2) is 0 Å². The van der Waals surface area contributed by atoms with Crippen LogP contribution in [0.25, 0.3) is 0 Å². The topological polar surface area (TPSA) is 83.8 Å². The highest BCUT2D eigenvalue weighted by atomic mass is 16.5. The van der Waals surface area contributed by atoms with E-state index in [-0.39, 0.29) is 38.6 Å². The van der Waals surface area contributed by atoms with Crippen LogP contribution in [-0.4, -0.2) is 46.2 Å². The summed E-state index contributed by atoms with van der Waals surface area (Å²) in [5, 5.41) is 23.7. The molecule has 1 aromatic carbocycles. The SMILES string of the molecule is CC(=O)[C@]1(Cc2ccccc2)CCC2C3CC=C4CC(O)(COC5CC(O)CC6=CC[C@H]7[C@@H]8CC[C@](C)(C(C)=O)[C@@]8(C)CC[C@@H]7[C@]65C)CC[C@]4(C)C3CC[C@@]21C. The van der Waals surface area contributed by atoms with Crippen LogP contribution in [0.5, 0.6) is 0 Å². The fraction of sp³-hybridized carbons (Fsp3) is 0.765. The molecule has 8 aliphatic carbocycles. The second-order valence-electron chi connectivity index (χ2n) is 22.4. The molecule has 0 saturated heterocycles. The lowest BCUT2D eigenvalue weighted by molar-refractivity contribution is -0.169. The average Bonchev–Trinajstić information content (AvgIpc) is 3.62. The van der Waals surface area contributed by atoms with Crippen LogP contribution in [0.1, 0.15) is 150 Å². The number of aliphatic hydroxyl groups excluding tert-OH is 1. The van der Waals surface area contributed by atoms with Crippen LogP contribution in [0.3, 0.4) is 0 Å². The fourth-order valence-corrected chi connectivity index (χ4v) is 16.9. The molecule has 0 amide bonds. The summed E-state index contributed by atoms with van der Waals surface area (Å²) in [7, 11) is 0. The molecule has 5 nitrogen and oxygen atoms in total. The zero-order chi connectivity index (χ0) is 39.7. The molecule has 15 atom stereocenters. The van der Waals surface area contributed by atoms with Crippen molar-refractivity contribution in [3.8, 4) is 0 Å². The maximum atomic E-state index is 13.7. The maximum absolute atomic E-state index is 13.7. The van der Waals surface area contributed by atoms with Gasteiger partial charge in [-0.2, -0.15) is 0 Å². The van der Waals surface area contributed by atoms with Gasteiger partial charge in [0.25, 0.3) is 0 Å². The summed E-state index contributed by atoms with van der Waals surface area (Å²) in [5.41, 5.74) is 2.61. The summed E-state index contributed by atoms with van der Waals surface area (Å²) in [6.45, 7) is 16.1. The molecule has 0 radical (unpaired) electrons. The van der Waals surface area contributed by atoms with E-state index < -0.39 is 11.7 Å². The first-order valence-electron chi connectivity index (χ1n) is 22.9. The minimum atomic E-state index is -0.912. The minimum absolute atomic E-state index is 0.00863. The van der Waals surface area contributed by atoms with Gasteiger partial charge in [-0.05, 0) is 167 Å². The molecule has 9 rings (SSSR count). The summed E-state index contributed by atoms with van der Waals surface area (Å²) in [6.07, 6.45) is 19.8. The van der Waals surface area contributed by atoms with Crippen LogP contribution in [0, 0.1) is 68.0 Å². The average molecular weight is 765 g/mol. The van der Waals surface area contributed by atoms with E-state index in [0.717, 1.165) is 89.9 Å². The molecule has 6 unspecified atom stereocenters. The Hall–Kier alpha value is -2.08. The van der Waals surface area contributed by atoms with Crippen molar-refractivity contribution in [3.63, 3.8) is 0 Å². The smallest absolute Gasteiger partial charge is 0.136 e. The Morgan fingerprint density at radius 1 is 0.732 bits per heavy atom. The lowest BCUT2D eigenvalue weighted by atomic mass is 9.44. The number of hydrogen-bond acceptors (Lipinski definition) is 5. The Labute approximate surface area is 337 Å². The monoisotopic (exact) mass is 765 g/mol. The number of benzene rings is 1. The normalized spacial score (nSPS) is 50.6.